The third-order valence-electron chi connectivity index (χ3n) is 2.30. The van der Waals surface area contributed by atoms with E-state index in [2.05, 4.69) is 5.32 Å². The Kier molecular flexibility index (Phi) is 5.50. The van der Waals surface area contributed by atoms with Crippen molar-refractivity contribution in [3.05, 3.63) is 24.3 Å². The zero-order chi connectivity index (χ0) is 13.6. The minimum absolute atomic E-state index is 0.0774. The maximum atomic E-state index is 11.6. The second-order valence-electron chi connectivity index (χ2n) is 4.55. The van der Waals surface area contributed by atoms with Gasteiger partial charge in [0.1, 0.15) is 5.75 Å². The number of carbonyl (C=O) groups excluding carboxylic acids is 1. The van der Waals surface area contributed by atoms with E-state index < -0.39 is 5.54 Å². The summed E-state index contributed by atoms with van der Waals surface area (Å²) >= 11 is 1.45. The predicted molar refractivity (Wildman–Crippen MR) is 73.0 cm³/mol. The van der Waals surface area contributed by atoms with E-state index in [4.69, 9.17) is 9.84 Å². The molecule has 0 saturated heterocycles. The van der Waals surface area contributed by atoms with Crippen LogP contribution in [-0.4, -0.2) is 36.0 Å². The van der Waals surface area contributed by atoms with E-state index in [1.807, 2.05) is 24.3 Å². The van der Waals surface area contributed by atoms with Gasteiger partial charge < -0.3 is 15.2 Å². The Hall–Kier alpha value is -1.20. The first-order chi connectivity index (χ1) is 8.46. The van der Waals surface area contributed by atoms with E-state index in [9.17, 15) is 4.79 Å². The largest absolute Gasteiger partial charge is 0.497 e. The fourth-order valence-electron chi connectivity index (χ4n) is 1.27. The molecule has 0 aliphatic rings. The molecule has 0 radical (unpaired) electrons. The lowest BCUT2D eigenvalue weighted by atomic mass is 10.1. The van der Waals surface area contributed by atoms with Gasteiger partial charge >= 0.3 is 0 Å². The van der Waals surface area contributed by atoms with Crippen molar-refractivity contribution in [1.29, 1.82) is 0 Å². The Labute approximate surface area is 112 Å². The van der Waals surface area contributed by atoms with Gasteiger partial charge in [-0.15, -0.1) is 11.8 Å². The lowest BCUT2D eigenvalue weighted by Crippen LogP contribution is -2.47. The van der Waals surface area contributed by atoms with Gasteiger partial charge in [-0.1, -0.05) is 0 Å². The molecule has 5 heteroatoms. The molecule has 4 nitrogen and oxygen atoms in total. The van der Waals surface area contributed by atoms with Gasteiger partial charge in [0.2, 0.25) is 5.91 Å². The Morgan fingerprint density at radius 3 is 2.50 bits per heavy atom. The van der Waals surface area contributed by atoms with Gasteiger partial charge in [0.25, 0.3) is 0 Å². The smallest absolute Gasteiger partial charge is 0.230 e. The van der Waals surface area contributed by atoms with Crippen molar-refractivity contribution in [1.82, 2.24) is 5.32 Å². The number of hydrogen-bond donors (Lipinski definition) is 2. The van der Waals surface area contributed by atoms with Crippen LogP contribution in [0.25, 0.3) is 0 Å². The standard InChI is InChI=1S/C13H19NO3S/c1-13(2,9-15)14-12(16)8-18-11-6-4-10(17-3)5-7-11/h4-7,15H,8-9H2,1-3H3,(H,14,16). The molecule has 0 aromatic heterocycles. The number of methoxy groups -OCH3 is 1. The predicted octanol–water partition coefficient (Wildman–Crippen LogP) is 1.67. The lowest BCUT2D eigenvalue weighted by Gasteiger charge is -2.23. The van der Waals surface area contributed by atoms with Crippen LogP contribution in [-0.2, 0) is 4.79 Å². The van der Waals surface area contributed by atoms with Crippen LogP contribution in [0.15, 0.2) is 29.2 Å². The molecule has 0 aliphatic heterocycles. The number of hydrogen-bond acceptors (Lipinski definition) is 4. The molecule has 0 atom stereocenters. The Balaban J connectivity index is 2.42. The summed E-state index contributed by atoms with van der Waals surface area (Å²) in [6.07, 6.45) is 0. The minimum Gasteiger partial charge on any atom is -0.497 e. The van der Waals surface area contributed by atoms with Crippen molar-refractivity contribution in [3.8, 4) is 5.75 Å². The van der Waals surface area contributed by atoms with Crippen LogP contribution in [0, 0.1) is 0 Å². The van der Waals surface area contributed by atoms with E-state index >= 15 is 0 Å². The third-order valence-corrected chi connectivity index (χ3v) is 3.31. The molecule has 1 aromatic carbocycles. The monoisotopic (exact) mass is 269 g/mol. The minimum atomic E-state index is -0.572. The van der Waals surface area contributed by atoms with Crippen LogP contribution in [0.2, 0.25) is 0 Å². The summed E-state index contributed by atoms with van der Waals surface area (Å²) in [5.41, 5.74) is -0.572. The van der Waals surface area contributed by atoms with Gasteiger partial charge in [-0.3, -0.25) is 4.79 Å². The highest BCUT2D eigenvalue weighted by molar-refractivity contribution is 8.00. The number of nitrogens with one attached hydrogen (secondary N) is 1. The average Bonchev–Trinajstić information content (AvgIpc) is 2.36. The molecule has 0 saturated carbocycles. The average molecular weight is 269 g/mol. The maximum Gasteiger partial charge on any atom is 0.230 e. The topological polar surface area (TPSA) is 58.6 Å². The number of rotatable bonds is 6. The fraction of sp³-hybridized carbons (Fsp3) is 0.462. The normalized spacial score (nSPS) is 11.1. The zero-order valence-electron chi connectivity index (χ0n) is 10.9. The van der Waals surface area contributed by atoms with Crippen molar-refractivity contribution < 1.29 is 14.6 Å². The molecule has 2 N–H and O–H groups in total. The van der Waals surface area contributed by atoms with Crippen molar-refractivity contribution >= 4 is 17.7 Å². The molecule has 100 valence electrons. The molecule has 0 fully saturated rings. The SMILES string of the molecule is COc1ccc(SCC(=O)NC(C)(C)CO)cc1. The van der Waals surface area contributed by atoms with Gasteiger partial charge in [-0.25, -0.2) is 0 Å². The highest BCUT2D eigenvalue weighted by atomic mass is 32.2. The first-order valence-corrected chi connectivity index (χ1v) is 6.64. The summed E-state index contributed by atoms with van der Waals surface area (Å²) in [4.78, 5) is 12.7. The summed E-state index contributed by atoms with van der Waals surface area (Å²) in [5, 5.41) is 11.8. The van der Waals surface area contributed by atoms with Gasteiger partial charge in [0, 0.05) is 4.90 Å². The molecule has 1 amide bonds. The number of carbonyl (C=O) groups is 1. The Bertz CT molecular complexity index is 390. The summed E-state index contributed by atoms with van der Waals surface area (Å²) in [7, 11) is 1.62. The molecule has 0 heterocycles. The molecule has 18 heavy (non-hydrogen) atoms. The number of ether oxygens (including phenoxy) is 1. The molecule has 0 unspecified atom stereocenters. The van der Waals surface area contributed by atoms with Crippen molar-refractivity contribution in [2.24, 2.45) is 0 Å². The fourth-order valence-corrected chi connectivity index (χ4v) is 1.97. The highest BCUT2D eigenvalue weighted by Gasteiger charge is 2.18. The Morgan fingerprint density at radius 2 is 2.00 bits per heavy atom. The van der Waals surface area contributed by atoms with Crippen LogP contribution in [0.4, 0.5) is 0 Å². The molecular weight excluding hydrogens is 250 g/mol. The Morgan fingerprint density at radius 1 is 1.39 bits per heavy atom. The molecule has 0 aliphatic carbocycles. The third kappa shape index (κ3) is 4.98. The number of aliphatic hydroxyl groups excluding tert-OH is 1. The van der Waals surface area contributed by atoms with Crippen molar-refractivity contribution in [2.75, 3.05) is 19.5 Å². The lowest BCUT2D eigenvalue weighted by molar-refractivity contribution is -0.120. The van der Waals surface area contributed by atoms with E-state index in [1.54, 1.807) is 21.0 Å². The second-order valence-corrected chi connectivity index (χ2v) is 5.60. The van der Waals surface area contributed by atoms with Gasteiger partial charge in [0.15, 0.2) is 0 Å². The molecular formula is C13H19NO3S. The second kappa shape index (κ2) is 6.66. The quantitative estimate of drug-likeness (QED) is 0.771. The summed E-state index contributed by atoms with van der Waals surface area (Å²) in [5.74, 6) is 1.04. The van der Waals surface area contributed by atoms with E-state index in [0.717, 1.165) is 10.6 Å². The molecule has 1 rings (SSSR count). The van der Waals surface area contributed by atoms with Gasteiger partial charge in [-0.05, 0) is 38.1 Å². The number of amides is 1. The van der Waals surface area contributed by atoms with Crippen molar-refractivity contribution in [3.63, 3.8) is 0 Å². The van der Waals surface area contributed by atoms with E-state index in [1.165, 1.54) is 11.8 Å². The molecule has 0 bridgehead atoms. The summed E-state index contributed by atoms with van der Waals surface area (Å²) in [6, 6.07) is 7.54. The summed E-state index contributed by atoms with van der Waals surface area (Å²) in [6.45, 7) is 3.48. The van der Waals surface area contributed by atoms with E-state index in [-0.39, 0.29) is 12.5 Å². The number of thioether (sulfide) groups is 1. The first kappa shape index (κ1) is 14.9. The van der Waals surface area contributed by atoms with Gasteiger partial charge in [0.05, 0.1) is 25.0 Å². The van der Waals surface area contributed by atoms with Crippen LogP contribution in [0.1, 0.15) is 13.8 Å². The maximum absolute atomic E-state index is 11.6. The van der Waals surface area contributed by atoms with Gasteiger partial charge in [-0.2, -0.15) is 0 Å². The zero-order valence-corrected chi connectivity index (χ0v) is 11.7. The number of benzene rings is 1. The number of aliphatic hydroxyl groups is 1. The van der Waals surface area contributed by atoms with Crippen molar-refractivity contribution in [2.45, 2.75) is 24.3 Å². The highest BCUT2D eigenvalue weighted by Crippen LogP contribution is 2.21. The van der Waals surface area contributed by atoms with E-state index in [0.29, 0.717) is 5.75 Å². The molecule has 1 aromatic rings. The summed E-state index contributed by atoms with van der Waals surface area (Å²) < 4.78 is 5.06. The van der Waals surface area contributed by atoms with Crippen LogP contribution in [0.5, 0.6) is 5.75 Å². The first-order valence-electron chi connectivity index (χ1n) is 5.65. The van der Waals surface area contributed by atoms with Crippen LogP contribution < -0.4 is 10.1 Å². The van der Waals surface area contributed by atoms with Crippen LogP contribution in [0.3, 0.4) is 0 Å². The molecule has 0 spiro atoms. The van der Waals surface area contributed by atoms with Crippen LogP contribution >= 0.6 is 11.8 Å².